The minimum absolute atomic E-state index is 0.000810. The van der Waals surface area contributed by atoms with Crippen LogP contribution in [0.25, 0.3) is 0 Å². The highest BCUT2D eigenvalue weighted by Crippen LogP contribution is 2.63. The number of nitrogens with one attached hydrogen (secondary N) is 2. The molecule has 1 aromatic heterocycles. The molecule has 2 aliphatic carbocycles. The van der Waals surface area contributed by atoms with Gasteiger partial charge in [-0.1, -0.05) is 20.8 Å². The van der Waals surface area contributed by atoms with Crippen molar-refractivity contribution in [3.63, 3.8) is 0 Å². The molecule has 1 aromatic rings. The summed E-state index contributed by atoms with van der Waals surface area (Å²) in [4.78, 5) is 22.9. The number of hydrogen-bond donors (Lipinski definition) is 2. The summed E-state index contributed by atoms with van der Waals surface area (Å²) in [5.74, 6) is 0.606. The van der Waals surface area contributed by atoms with Crippen LogP contribution in [0.5, 0.6) is 0 Å². The SMILES string of the molecule is CC1(C)[C@@H]2CC[C@]1(C)/C(=N\n1c(=O)[nH][nH]c1=O)C2. The Morgan fingerprint density at radius 3 is 2.28 bits per heavy atom. The minimum Gasteiger partial charge on any atom is -0.246 e. The minimum atomic E-state index is -0.503. The van der Waals surface area contributed by atoms with Crippen molar-refractivity contribution in [1.82, 2.24) is 14.9 Å². The first-order valence-electron chi connectivity index (χ1n) is 6.34. The second-order valence-corrected chi connectivity index (χ2v) is 6.21. The highest BCUT2D eigenvalue weighted by Gasteiger charge is 2.60. The molecule has 98 valence electrons. The highest BCUT2D eigenvalue weighted by atomic mass is 16.2. The molecule has 2 fully saturated rings. The van der Waals surface area contributed by atoms with Gasteiger partial charge in [0.15, 0.2) is 0 Å². The average molecular weight is 250 g/mol. The Bertz CT molecular complexity index is 605. The van der Waals surface area contributed by atoms with Crippen molar-refractivity contribution >= 4 is 5.71 Å². The molecule has 2 bridgehead atoms. The first-order valence-corrected chi connectivity index (χ1v) is 6.34. The first-order chi connectivity index (χ1) is 8.36. The maximum Gasteiger partial charge on any atom is 0.365 e. The number of aromatic nitrogens is 3. The number of nitrogens with zero attached hydrogens (tertiary/aromatic N) is 2. The molecule has 1 heterocycles. The Morgan fingerprint density at radius 1 is 1.22 bits per heavy atom. The van der Waals surface area contributed by atoms with E-state index in [4.69, 9.17) is 0 Å². The van der Waals surface area contributed by atoms with Crippen LogP contribution in [-0.4, -0.2) is 20.6 Å². The molecule has 0 spiro atoms. The van der Waals surface area contributed by atoms with Crippen LogP contribution >= 0.6 is 0 Å². The maximum atomic E-state index is 11.5. The lowest BCUT2D eigenvalue weighted by molar-refractivity contribution is 0.193. The predicted molar refractivity (Wildman–Crippen MR) is 67.7 cm³/mol. The largest absolute Gasteiger partial charge is 0.365 e. The van der Waals surface area contributed by atoms with Gasteiger partial charge in [0.25, 0.3) is 0 Å². The predicted octanol–water partition coefficient (Wildman–Crippen LogP) is 0.915. The van der Waals surface area contributed by atoms with Gasteiger partial charge in [-0.3, -0.25) is 0 Å². The van der Waals surface area contributed by atoms with Gasteiger partial charge in [-0.25, -0.2) is 19.8 Å². The van der Waals surface area contributed by atoms with Gasteiger partial charge in [-0.15, -0.1) is 4.68 Å². The summed E-state index contributed by atoms with van der Waals surface area (Å²) in [5.41, 5.74) is 0.170. The van der Waals surface area contributed by atoms with Crippen LogP contribution in [0.4, 0.5) is 0 Å². The summed E-state index contributed by atoms with van der Waals surface area (Å²) in [6.45, 7) is 6.72. The van der Waals surface area contributed by atoms with E-state index in [0.717, 1.165) is 23.2 Å². The second kappa shape index (κ2) is 3.24. The van der Waals surface area contributed by atoms with E-state index in [0.29, 0.717) is 5.92 Å². The summed E-state index contributed by atoms with van der Waals surface area (Å²) in [6, 6.07) is 0. The summed E-state index contributed by atoms with van der Waals surface area (Å²) < 4.78 is 0.900. The van der Waals surface area contributed by atoms with E-state index >= 15 is 0 Å². The lowest BCUT2D eigenvalue weighted by Crippen LogP contribution is -2.34. The van der Waals surface area contributed by atoms with E-state index in [1.807, 2.05) is 0 Å². The molecule has 0 saturated heterocycles. The molecule has 0 unspecified atom stereocenters. The molecule has 6 heteroatoms. The molecule has 6 nitrogen and oxygen atoms in total. The van der Waals surface area contributed by atoms with Crippen molar-refractivity contribution in [2.45, 2.75) is 40.0 Å². The van der Waals surface area contributed by atoms with Gasteiger partial charge in [0.2, 0.25) is 0 Å². The van der Waals surface area contributed by atoms with Crippen molar-refractivity contribution in [1.29, 1.82) is 0 Å². The van der Waals surface area contributed by atoms with Crippen molar-refractivity contribution < 1.29 is 0 Å². The van der Waals surface area contributed by atoms with Gasteiger partial charge in [0.05, 0.1) is 0 Å². The van der Waals surface area contributed by atoms with E-state index in [1.165, 1.54) is 6.42 Å². The van der Waals surface area contributed by atoms with Crippen LogP contribution in [0.15, 0.2) is 14.7 Å². The van der Waals surface area contributed by atoms with Gasteiger partial charge in [0, 0.05) is 11.1 Å². The lowest BCUT2D eigenvalue weighted by atomic mass is 9.70. The summed E-state index contributed by atoms with van der Waals surface area (Å²) in [7, 11) is 0. The number of H-pyrrole nitrogens is 2. The Morgan fingerprint density at radius 2 is 1.83 bits per heavy atom. The molecule has 2 aliphatic rings. The fraction of sp³-hybridized carbons (Fsp3) is 0.750. The van der Waals surface area contributed by atoms with Crippen molar-refractivity contribution in [3.8, 4) is 0 Å². The molecule has 0 amide bonds. The topological polar surface area (TPSA) is 83.0 Å². The molecular weight excluding hydrogens is 232 g/mol. The number of rotatable bonds is 1. The second-order valence-electron chi connectivity index (χ2n) is 6.21. The average Bonchev–Trinajstić information content (AvgIpc) is 2.79. The zero-order valence-electron chi connectivity index (χ0n) is 10.9. The quantitative estimate of drug-likeness (QED) is 0.776. The van der Waals surface area contributed by atoms with E-state index in [9.17, 15) is 9.59 Å². The molecule has 3 rings (SSSR count). The van der Waals surface area contributed by atoms with Crippen molar-refractivity contribution in [2.24, 2.45) is 21.8 Å². The Labute approximate surface area is 104 Å². The van der Waals surface area contributed by atoms with Gasteiger partial charge in [-0.2, -0.15) is 5.10 Å². The van der Waals surface area contributed by atoms with Crippen LogP contribution in [0, 0.1) is 16.7 Å². The maximum absolute atomic E-state index is 11.5. The third-order valence-electron chi connectivity index (χ3n) is 5.39. The van der Waals surface area contributed by atoms with Crippen molar-refractivity contribution in [3.05, 3.63) is 21.0 Å². The van der Waals surface area contributed by atoms with E-state index in [-0.39, 0.29) is 10.8 Å². The van der Waals surface area contributed by atoms with E-state index < -0.39 is 11.4 Å². The highest BCUT2D eigenvalue weighted by molar-refractivity contribution is 5.94. The lowest BCUT2D eigenvalue weighted by Gasteiger charge is -2.34. The standard InChI is InChI=1S/C12H18N4O2/c1-11(2)7-4-5-12(11,3)8(6-7)15-16-9(17)13-14-10(16)18/h7H,4-6H2,1-3H3,(H,13,17)(H,14,18)/b15-8-/t7-,12-/m1/s1. The Hall–Kier alpha value is -1.59. The fourth-order valence-electron chi connectivity index (χ4n) is 3.60. The summed E-state index contributed by atoms with van der Waals surface area (Å²) >= 11 is 0. The van der Waals surface area contributed by atoms with Gasteiger partial charge in [-0.05, 0) is 30.6 Å². The first kappa shape index (κ1) is 11.5. The smallest absolute Gasteiger partial charge is 0.246 e. The Kier molecular flexibility index (Phi) is 2.07. The van der Waals surface area contributed by atoms with Gasteiger partial charge >= 0.3 is 11.4 Å². The summed E-state index contributed by atoms with van der Waals surface area (Å²) in [5, 5.41) is 8.82. The van der Waals surface area contributed by atoms with Gasteiger partial charge in [0.1, 0.15) is 0 Å². The number of hydrogen-bond acceptors (Lipinski definition) is 3. The zero-order chi connectivity index (χ0) is 13.1. The molecule has 2 saturated carbocycles. The third kappa shape index (κ3) is 1.20. The molecule has 18 heavy (non-hydrogen) atoms. The molecule has 0 aliphatic heterocycles. The van der Waals surface area contributed by atoms with E-state index in [1.54, 1.807) is 0 Å². The molecule has 2 N–H and O–H groups in total. The molecule has 2 atom stereocenters. The number of fused-ring (bicyclic) bond motifs is 2. The van der Waals surface area contributed by atoms with Crippen LogP contribution < -0.4 is 11.4 Å². The number of aromatic amines is 2. The molecule has 0 aromatic carbocycles. The van der Waals surface area contributed by atoms with Crippen LogP contribution in [0.1, 0.15) is 40.0 Å². The normalized spacial score (nSPS) is 35.5. The van der Waals surface area contributed by atoms with Gasteiger partial charge < -0.3 is 0 Å². The van der Waals surface area contributed by atoms with E-state index in [2.05, 4.69) is 36.1 Å². The molecule has 0 radical (unpaired) electrons. The Balaban J connectivity index is 2.11. The third-order valence-corrected chi connectivity index (χ3v) is 5.39. The van der Waals surface area contributed by atoms with Crippen molar-refractivity contribution in [2.75, 3.05) is 0 Å². The van der Waals surface area contributed by atoms with Crippen LogP contribution in [-0.2, 0) is 0 Å². The molecular formula is C12H18N4O2. The van der Waals surface area contributed by atoms with Crippen LogP contribution in [0.3, 0.4) is 0 Å². The fourth-order valence-corrected chi connectivity index (χ4v) is 3.60. The monoisotopic (exact) mass is 250 g/mol. The zero-order valence-corrected chi connectivity index (χ0v) is 10.9. The van der Waals surface area contributed by atoms with Crippen LogP contribution in [0.2, 0.25) is 0 Å². The summed E-state index contributed by atoms with van der Waals surface area (Å²) in [6.07, 6.45) is 3.18.